The number of alkyl halides is 3. The Morgan fingerprint density at radius 3 is 2.44 bits per heavy atom. The van der Waals surface area contributed by atoms with Crippen molar-refractivity contribution in [3.8, 4) is 6.07 Å². The van der Waals surface area contributed by atoms with Crippen LogP contribution in [0.4, 0.5) is 13.2 Å². The first-order valence-corrected chi connectivity index (χ1v) is 5.62. The third kappa shape index (κ3) is 5.36. The molecular weight excluding hydrogens is 217 g/mol. The number of nitrogens with one attached hydrogen (secondary N) is 1. The lowest BCUT2D eigenvalue weighted by molar-refractivity contribution is -0.135. The van der Waals surface area contributed by atoms with Gasteiger partial charge in [-0.3, -0.25) is 0 Å². The molecule has 1 fully saturated rings. The molecule has 0 amide bonds. The Morgan fingerprint density at radius 1 is 1.25 bits per heavy atom. The fourth-order valence-corrected chi connectivity index (χ4v) is 1.69. The normalized spacial score (nSPS) is 18.1. The monoisotopic (exact) mass is 234 g/mol. The van der Waals surface area contributed by atoms with Crippen molar-refractivity contribution in [1.29, 1.82) is 5.26 Å². The van der Waals surface area contributed by atoms with Crippen LogP contribution in [0.2, 0.25) is 0 Å². The maximum Gasteiger partial charge on any atom is 0.389 e. The predicted octanol–water partition coefficient (Wildman–Crippen LogP) is 3.00. The Balaban J connectivity index is 1.95. The van der Waals surface area contributed by atoms with Crippen LogP contribution in [0.15, 0.2) is 0 Å². The van der Waals surface area contributed by atoms with Gasteiger partial charge in [0.15, 0.2) is 0 Å². The first kappa shape index (κ1) is 13.3. The van der Waals surface area contributed by atoms with Crippen molar-refractivity contribution in [2.75, 3.05) is 13.1 Å². The van der Waals surface area contributed by atoms with E-state index in [2.05, 4.69) is 11.4 Å². The van der Waals surface area contributed by atoms with E-state index in [0.29, 0.717) is 19.4 Å². The number of hydrogen-bond acceptors (Lipinski definition) is 2. The summed E-state index contributed by atoms with van der Waals surface area (Å²) in [6.45, 7) is 1.38. The van der Waals surface area contributed by atoms with E-state index in [1.54, 1.807) is 0 Å². The summed E-state index contributed by atoms with van der Waals surface area (Å²) in [5.74, 6) is 0. The van der Waals surface area contributed by atoms with Crippen molar-refractivity contribution < 1.29 is 13.2 Å². The highest BCUT2D eigenvalue weighted by molar-refractivity contribution is 5.00. The van der Waals surface area contributed by atoms with Gasteiger partial charge < -0.3 is 5.32 Å². The lowest BCUT2D eigenvalue weighted by Crippen LogP contribution is -2.25. The molecule has 2 nitrogen and oxygen atoms in total. The van der Waals surface area contributed by atoms with Crippen LogP contribution in [-0.2, 0) is 0 Å². The standard InChI is InChI=1S/C11H17F3N2/c12-11(13,14)3-1-2-8-16-9-10(4-5-10)6-7-15/h16H,1-6,8-9H2. The van der Waals surface area contributed by atoms with Crippen molar-refractivity contribution in [1.82, 2.24) is 5.32 Å². The lowest BCUT2D eigenvalue weighted by atomic mass is 10.0. The largest absolute Gasteiger partial charge is 0.389 e. The SMILES string of the molecule is N#CCC1(CNCCCCC(F)(F)F)CC1. The molecule has 0 heterocycles. The number of nitrogens with zero attached hydrogens (tertiary/aromatic N) is 1. The van der Waals surface area contributed by atoms with Gasteiger partial charge in [-0.15, -0.1) is 0 Å². The summed E-state index contributed by atoms with van der Waals surface area (Å²) in [5.41, 5.74) is 0.138. The zero-order valence-corrected chi connectivity index (χ0v) is 9.24. The van der Waals surface area contributed by atoms with E-state index in [9.17, 15) is 13.2 Å². The minimum atomic E-state index is -4.03. The number of nitriles is 1. The molecule has 0 radical (unpaired) electrons. The molecule has 0 saturated heterocycles. The van der Waals surface area contributed by atoms with Crippen LogP contribution in [-0.4, -0.2) is 19.3 Å². The Bertz CT molecular complexity index is 251. The van der Waals surface area contributed by atoms with Crippen molar-refractivity contribution in [3.63, 3.8) is 0 Å². The summed E-state index contributed by atoms with van der Waals surface area (Å²) in [5, 5.41) is 11.7. The van der Waals surface area contributed by atoms with Crippen molar-refractivity contribution in [2.24, 2.45) is 5.41 Å². The second kappa shape index (κ2) is 5.53. The van der Waals surface area contributed by atoms with E-state index in [1.165, 1.54) is 0 Å². The zero-order chi connectivity index (χ0) is 12.1. The highest BCUT2D eigenvalue weighted by Crippen LogP contribution is 2.47. The van der Waals surface area contributed by atoms with E-state index in [0.717, 1.165) is 19.4 Å². The fraction of sp³-hybridized carbons (Fsp3) is 0.909. The molecule has 0 aromatic rings. The van der Waals surface area contributed by atoms with Crippen molar-refractivity contribution in [2.45, 2.75) is 44.7 Å². The van der Waals surface area contributed by atoms with Crippen LogP contribution in [0.1, 0.15) is 38.5 Å². The van der Waals surface area contributed by atoms with Crippen LogP contribution < -0.4 is 5.32 Å². The van der Waals surface area contributed by atoms with E-state index in [1.807, 2.05) is 0 Å². The topological polar surface area (TPSA) is 35.8 Å². The van der Waals surface area contributed by atoms with Gasteiger partial charge in [0, 0.05) is 19.4 Å². The molecule has 0 aromatic heterocycles. The molecular formula is C11H17F3N2. The summed E-state index contributed by atoms with van der Waals surface area (Å²) in [6, 6.07) is 2.15. The van der Waals surface area contributed by atoms with Gasteiger partial charge >= 0.3 is 6.18 Å². The van der Waals surface area contributed by atoms with Gasteiger partial charge in [0.05, 0.1) is 6.07 Å². The van der Waals surface area contributed by atoms with Gasteiger partial charge in [-0.25, -0.2) is 0 Å². The Morgan fingerprint density at radius 2 is 1.94 bits per heavy atom. The molecule has 1 N–H and O–H groups in total. The maximum absolute atomic E-state index is 11.8. The number of rotatable bonds is 7. The number of halogens is 3. The molecule has 0 bridgehead atoms. The first-order valence-electron chi connectivity index (χ1n) is 5.62. The first-order chi connectivity index (χ1) is 7.47. The molecule has 0 aromatic carbocycles. The molecule has 1 aliphatic carbocycles. The van der Waals surface area contributed by atoms with E-state index in [4.69, 9.17) is 5.26 Å². The summed E-state index contributed by atoms with van der Waals surface area (Å²) in [4.78, 5) is 0. The summed E-state index contributed by atoms with van der Waals surface area (Å²) in [6.07, 6.45) is -1.31. The molecule has 0 unspecified atom stereocenters. The lowest BCUT2D eigenvalue weighted by Gasteiger charge is -2.12. The third-order valence-corrected chi connectivity index (χ3v) is 2.97. The smallest absolute Gasteiger partial charge is 0.316 e. The molecule has 92 valence electrons. The Labute approximate surface area is 93.8 Å². The van der Waals surface area contributed by atoms with E-state index in [-0.39, 0.29) is 11.8 Å². The minimum absolute atomic E-state index is 0.138. The molecule has 0 spiro atoms. The van der Waals surface area contributed by atoms with Gasteiger partial charge in [-0.1, -0.05) is 0 Å². The molecule has 0 aliphatic heterocycles. The Hall–Kier alpha value is -0.760. The average molecular weight is 234 g/mol. The molecule has 16 heavy (non-hydrogen) atoms. The van der Waals surface area contributed by atoms with Crippen LogP contribution in [0.5, 0.6) is 0 Å². The second-order valence-electron chi connectivity index (χ2n) is 4.58. The highest BCUT2D eigenvalue weighted by atomic mass is 19.4. The second-order valence-corrected chi connectivity index (χ2v) is 4.58. The third-order valence-electron chi connectivity index (χ3n) is 2.97. The van der Waals surface area contributed by atoms with Crippen molar-refractivity contribution >= 4 is 0 Å². The minimum Gasteiger partial charge on any atom is -0.316 e. The van der Waals surface area contributed by atoms with Gasteiger partial charge in [-0.05, 0) is 37.6 Å². The Kier molecular flexibility index (Phi) is 4.60. The maximum atomic E-state index is 11.8. The summed E-state index contributed by atoms with van der Waals surface area (Å²) >= 11 is 0. The summed E-state index contributed by atoms with van der Waals surface area (Å²) in [7, 11) is 0. The molecule has 1 saturated carbocycles. The van der Waals surface area contributed by atoms with Crippen LogP contribution >= 0.6 is 0 Å². The van der Waals surface area contributed by atoms with Crippen molar-refractivity contribution in [3.05, 3.63) is 0 Å². The molecule has 5 heteroatoms. The average Bonchev–Trinajstić information content (AvgIpc) is 2.91. The van der Waals surface area contributed by atoms with Crippen LogP contribution in [0, 0.1) is 16.7 Å². The quantitative estimate of drug-likeness (QED) is 0.687. The molecule has 0 atom stereocenters. The van der Waals surface area contributed by atoms with Gasteiger partial charge in [0.25, 0.3) is 0 Å². The van der Waals surface area contributed by atoms with Gasteiger partial charge in [-0.2, -0.15) is 18.4 Å². The van der Waals surface area contributed by atoms with E-state index < -0.39 is 12.6 Å². The van der Waals surface area contributed by atoms with Crippen LogP contribution in [0.25, 0.3) is 0 Å². The molecule has 1 rings (SSSR count). The highest BCUT2D eigenvalue weighted by Gasteiger charge is 2.41. The fourth-order valence-electron chi connectivity index (χ4n) is 1.69. The van der Waals surface area contributed by atoms with Gasteiger partial charge in [0.1, 0.15) is 0 Å². The van der Waals surface area contributed by atoms with Crippen LogP contribution in [0.3, 0.4) is 0 Å². The number of unbranched alkanes of at least 4 members (excludes halogenated alkanes) is 1. The van der Waals surface area contributed by atoms with Gasteiger partial charge in [0.2, 0.25) is 0 Å². The zero-order valence-electron chi connectivity index (χ0n) is 9.24. The predicted molar refractivity (Wildman–Crippen MR) is 54.7 cm³/mol. The van der Waals surface area contributed by atoms with E-state index >= 15 is 0 Å². The molecule has 1 aliphatic rings. The number of hydrogen-bond donors (Lipinski definition) is 1. The summed E-state index contributed by atoms with van der Waals surface area (Å²) < 4.78 is 35.4.